The number of nitrogens with zero attached hydrogens (tertiary/aromatic N) is 2. The van der Waals surface area contributed by atoms with Crippen LogP contribution in [0, 0.1) is 5.82 Å². The summed E-state index contributed by atoms with van der Waals surface area (Å²) < 4.78 is 13.1. The second-order valence-electron chi connectivity index (χ2n) is 4.79. The summed E-state index contributed by atoms with van der Waals surface area (Å²) in [4.78, 5) is 17.4. The van der Waals surface area contributed by atoms with Crippen LogP contribution in [0.3, 0.4) is 0 Å². The molecule has 0 saturated carbocycles. The summed E-state index contributed by atoms with van der Waals surface area (Å²) in [7, 11) is 0. The van der Waals surface area contributed by atoms with Crippen molar-refractivity contribution in [1.29, 1.82) is 0 Å². The summed E-state index contributed by atoms with van der Waals surface area (Å²) in [5, 5.41) is 12.1. The zero-order valence-corrected chi connectivity index (χ0v) is 14.6. The lowest BCUT2D eigenvalue weighted by atomic mass is 10.3. The van der Waals surface area contributed by atoms with Gasteiger partial charge in [0, 0.05) is 17.0 Å². The van der Waals surface area contributed by atoms with Crippen LogP contribution in [0.4, 0.5) is 10.1 Å². The van der Waals surface area contributed by atoms with E-state index in [0.29, 0.717) is 17.3 Å². The van der Waals surface area contributed by atoms with Crippen LogP contribution in [-0.2, 0) is 11.2 Å². The second-order valence-corrected chi connectivity index (χ2v) is 7.17. The van der Waals surface area contributed by atoms with Crippen LogP contribution in [0.15, 0.2) is 40.9 Å². The average Bonchev–Trinajstić information content (AvgIpc) is 3.21. The van der Waals surface area contributed by atoms with Crippen LogP contribution in [0.2, 0.25) is 5.02 Å². The highest BCUT2D eigenvalue weighted by atomic mass is 35.5. The summed E-state index contributed by atoms with van der Waals surface area (Å²) in [6, 6.07) is 8.04. The highest BCUT2D eigenvalue weighted by molar-refractivity contribution is 7.99. The minimum Gasteiger partial charge on any atom is -0.325 e. The first kappa shape index (κ1) is 16.9. The third-order valence-corrected chi connectivity index (χ3v) is 4.98. The van der Waals surface area contributed by atoms with Crippen molar-refractivity contribution in [3.05, 3.63) is 57.3 Å². The van der Waals surface area contributed by atoms with Gasteiger partial charge in [0.2, 0.25) is 11.1 Å². The molecule has 0 aliphatic heterocycles. The van der Waals surface area contributed by atoms with Crippen molar-refractivity contribution in [2.24, 2.45) is 0 Å². The van der Waals surface area contributed by atoms with Gasteiger partial charge in [-0.2, -0.15) is 0 Å². The highest BCUT2D eigenvalue weighted by Gasteiger charge is 2.10. The van der Waals surface area contributed by atoms with Gasteiger partial charge in [-0.3, -0.25) is 9.89 Å². The first-order valence-corrected chi connectivity index (χ1v) is 9.16. The normalized spacial score (nSPS) is 10.8. The fourth-order valence-corrected chi connectivity index (χ4v) is 3.41. The van der Waals surface area contributed by atoms with E-state index in [0.717, 1.165) is 5.82 Å². The van der Waals surface area contributed by atoms with Gasteiger partial charge in [-0.15, -0.1) is 16.4 Å². The lowest BCUT2D eigenvalue weighted by molar-refractivity contribution is -0.113. The molecule has 0 fully saturated rings. The molecule has 0 aliphatic rings. The number of halogens is 2. The van der Waals surface area contributed by atoms with E-state index in [2.05, 4.69) is 20.5 Å². The average molecular weight is 383 g/mol. The first-order chi connectivity index (χ1) is 11.6. The molecule has 1 aromatic carbocycles. The SMILES string of the molecule is O=C(CSc1n[nH]c(Cc2cccs2)n1)Nc1ccc(F)c(Cl)c1. The van der Waals surface area contributed by atoms with Gasteiger partial charge >= 0.3 is 0 Å². The topological polar surface area (TPSA) is 70.7 Å². The highest BCUT2D eigenvalue weighted by Crippen LogP contribution is 2.20. The van der Waals surface area contributed by atoms with Crippen molar-refractivity contribution in [2.45, 2.75) is 11.6 Å². The molecule has 0 bridgehead atoms. The maximum absolute atomic E-state index is 13.1. The lowest BCUT2D eigenvalue weighted by Crippen LogP contribution is -2.14. The number of carbonyl (C=O) groups is 1. The van der Waals surface area contributed by atoms with Crippen molar-refractivity contribution in [2.75, 3.05) is 11.1 Å². The largest absolute Gasteiger partial charge is 0.325 e. The monoisotopic (exact) mass is 382 g/mol. The molecule has 0 spiro atoms. The predicted molar refractivity (Wildman–Crippen MR) is 94.3 cm³/mol. The van der Waals surface area contributed by atoms with Crippen LogP contribution in [0.1, 0.15) is 10.7 Å². The van der Waals surface area contributed by atoms with Crippen molar-refractivity contribution in [3.63, 3.8) is 0 Å². The zero-order valence-electron chi connectivity index (χ0n) is 12.3. The van der Waals surface area contributed by atoms with Gasteiger partial charge in [0.05, 0.1) is 10.8 Å². The minimum atomic E-state index is -0.525. The molecule has 2 aromatic heterocycles. The van der Waals surface area contributed by atoms with Gasteiger partial charge in [-0.05, 0) is 29.6 Å². The number of aromatic nitrogens is 3. The van der Waals surface area contributed by atoms with Gasteiger partial charge in [0.1, 0.15) is 11.6 Å². The Morgan fingerprint density at radius 3 is 3.04 bits per heavy atom. The Bertz CT molecular complexity index is 838. The molecule has 0 radical (unpaired) electrons. The summed E-state index contributed by atoms with van der Waals surface area (Å²) in [6.07, 6.45) is 0.686. The van der Waals surface area contributed by atoms with Crippen molar-refractivity contribution in [3.8, 4) is 0 Å². The van der Waals surface area contributed by atoms with Gasteiger partial charge in [-0.25, -0.2) is 9.37 Å². The predicted octanol–water partition coefficient (Wildman–Crippen LogP) is 3.98. The van der Waals surface area contributed by atoms with Crippen LogP contribution >= 0.6 is 34.7 Å². The molecule has 2 heterocycles. The number of nitrogens with one attached hydrogen (secondary N) is 2. The number of carbonyl (C=O) groups excluding carboxylic acids is 1. The molecule has 1 amide bonds. The maximum atomic E-state index is 13.1. The first-order valence-electron chi connectivity index (χ1n) is 6.91. The van der Waals surface area contributed by atoms with E-state index in [1.54, 1.807) is 11.3 Å². The van der Waals surface area contributed by atoms with Crippen LogP contribution in [0.25, 0.3) is 0 Å². The van der Waals surface area contributed by atoms with Crippen molar-refractivity contribution in [1.82, 2.24) is 15.2 Å². The molecule has 2 N–H and O–H groups in total. The van der Waals surface area contributed by atoms with Crippen LogP contribution in [0.5, 0.6) is 0 Å². The summed E-state index contributed by atoms with van der Waals surface area (Å²) >= 11 is 8.55. The number of amides is 1. The molecule has 0 aliphatic carbocycles. The number of aromatic amines is 1. The van der Waals surface area contributed by atoms with E-state index < -0.39 is 5.82 Å². The lowest BCUT2D eigenvalue weighted by Gasteiger charge is -2.04. The number of thiophene rings is 1. The molecule has 0 atom stereocenters. The standard InChI is InChI=1S/C15H12ClFN4OS2/c16-11-6-9(3-4-12(11)17)18-14(22)8-24-15-19-13(20-21-15)7-10-2-1-5-23-10/h1-6H,7-8H2,(H,18,22)(H,19,20,21). The Hall–Kier alpha value is -1.90. The molecular weight excluding hydrogens is 371 g/mol. The molecule has 3 rings (SSSR count). The van der Waals surface area contributed by atoms with Gasteiger partial charge in [-0.1, -0.05) is 29.4 Å². The maximum Gasteiger partial charge on any atom is 0.234 e. The fraction of sp³-hybridized carbons (Fsp3) is 0.133. The number of benzene rings is 1. The van der Waals surface area contributed by atoms with Crippen molar-refractivity contribution >= 4 is 46.3 Å². The number of thioether (sulfide) groups is 1. The number of hydrogen-bond donors (Lipinski definition) is 2. The number of hydrogen-bond acceptors (Lipinski definition) is 5. The third-order valence-electron chi connectivity index (χ3n) is 2.97. The van der Waals surface area contributed by atoms with Crippen LogP contribution < -0.4 is 5.32 Å². The molecule has 3 aromatic rings. The third kappa shape index (κ3) is 4.56. The van der Waals surface area contributed by atoms with E-state index in [4.69, 9.17) is 11.6 Å². The quantitative estimate of drug-likeness (QED) is 0.632. The second kappa shape index (κ2) is 7.78. The summed E-state index contributed by atoms with van der Waals surface area (Å²) in [6.45, 7) is 0. The number of H-pyrrole nitrogens is 1. The minimum absolute atomic E-state index is 0.0346. The summed E-state index contributed by atoms with van der Waals surface area (Å²) in [5.74, 6) is 0.131. The Morgan fingerprint density at radius 2 is 2.29 bits per heavy atom. The van der Waals surface area contributed by atoms with E-state index in [-0.39, 0.29) is 16.7 Å². The zero-order chi connectivity index (χ0) is 16.9. The Morgan fingerprint density at radius 1 is 1.42 bits per heavy atom. The number of rotatable bonds is 6. The van der Waals surface area contributed by atoms with Gasteiger partial charge in [0.15, 0.2) is 0 Å². The molecule has 5 nitrogen and oxygen atoms in total. The Kier molecular flexibility index (Phi) is 5.49. The molecule has 9 heteroatoms. The molecule has 0 saturated heterocycles. The van der Waals surface area contributed by atoms with Crippen molar-refractivity contribution < 1.29 is 9.18 Å². The Labute approximate surface area is 150 Å². The molecule has 124 valence electrons. The van der Waals surface area contributed by atoms with E-state index >= 15 is 0 Å². The molecular formula is C15H12ClFN4OS2. The van der Waals surface area contributed by atoms with Gasteiger partial charge < -0.3 is 5.32 Å². The summed E-state index contributed by atoms with van der Waals surface area (Å²) in [5.41, 5.74) is 0.445. The smallest absolute Gasteiger partial charge is 0.234 e. The van der Waals surface area contributed by atoms with E-state index in [1.165, 1.54) is 34.8 Å². The molecule has 0 unspecified atom stereocenters. The fourth-order valence-electron chi connectivity index (χ4n) is 1.90. The van der Waals surface area contributed by atoms with E-state index in [9.17, 15) is 9.18 Å². The van der Waals surface area contributed by atoms with Gasteiger partial charge in [0.25, 0.3) is 0 Å². The van der Waals surface area contributed by atoms with E-state index in [1.807, 2.05) is 17.5 Å². The van der Waals surface area contributed by atoms with Crippen LogP contribution in [-0.4, -0.2) is 26.8 Å². The number of anilines is 1. The Balaban J connectivity index is 1.51. The molecule has 24 heavy (non-hydrogen) atoms.